The maximum atomic E-state index is 6.06. The van der Waals surface area contributed by atoms with Gasteiger partial charge in [0.25, 0.3) is 0 Å². The van der Waals surface area contributed by atoms with Crippen molar-refractivity contribution in [2.45, 2.75) is 37.8 Å². The molecule has 2 N–H and O–H groups in total. The van der Waals surface area contributed by atoms with Crippen LogP contribution < -0.4 is 5.73 Å². The molecule has 0 aromatic carbocycles. The minimum absolute atomic E-state index is 0.499. The number of hydrogen-bond donors (Lipinski definition) is 1. The molecule has 0 radical (unpaired) electrons. The van der Waals surface area contributed by atoms with Crippen molar-refractivity contribution in [3.63, 3.8) is 0 Å². The van der Waals surface area contributed by atoms with E-state index in [1.54, 1.807) is 0 Å². The van der Waals surface area contributed by atoms with Gasteiger partial charge < -0.3 is 10.6 Å². The zero-order valence-electron chi connectivity index (χ0n) is 7.29. The molecule has 2 fully saturated rings. The highest BCUT2D eigenvalue weighted by molar-refractivity contribution is 4.94. The molecule has 2 rings (SSSR count). The summed E-state index contributed by atoms with van der Waals surface area (Å²) >= 11 is 0. The normalized spacial score (nSPS) is 45.8. The van der Waals surface area contributed by atoms with Crippen molar-refractivity contribution in [3.05, 3.63) is 0 Å². The minimum atomic E-state index is 0.499. The van der Waals surface area contributed by atoms with Crippen LogP contribution in [0.3, 0.4) is 0 Å². The van der Waals surface area contributed by atoms with Gasteiger partial charge in [0.2, 0.25) is 0 Å². The standard InChI is InChI=1S/C9H18N2/c1-11-6-5-8(10)7-3-2-4-9(7)11/h7-9H,2-6,10H2,1H3. The number of likely N-dealkylation sites (tertiary alicyclic amines) is 1. The highest BCUT2D eigenvalue weighted by Crippen LogP contribution is 2.35. The second-order valence-corrected chi connectivity index (χ2v) is 4.10. The number of nitrogens with two attached hydrogens (primary N) is 1. The largest absolute Gasteiger partial charge is 0.327 e. The van der Waals surface area contributed by atoms with E-state index in [-0.39, 0.29) is 0 Å². The van der Waals surface area contributed by atoms with Crippen molar-refractivity contribution in [3.8, 4) is 0 Å². The molecular formula is C9H18N2. The van der Waals surface area contributed by atoms with Crippen LogP contribution in [0.4, 0.5) is 0 Å². The van der Waals surface area contributed by atoms with Crippen LogP contribution in [0, 0.1) is 5.92 Å². The fourth-order valence-corrected chi connectivity index (χ4v) is 2.75. The minimum Gasteiger partial charge on any atom is -0.327 e. The van der Waals surface area contributed by atoms with Crippen molar-refractivity contribution in [2.75, 3.05) is 13.6 Å². The molecule has 1 heterocycles. The number of nitrogens with zero attached hydrogens (tertiary/aromatic N) is 1. The third kappa shape index (κ3) is 1.18. The molecule has 3 atom stereocenters. The molecule has 0 spiro atoms. The summed E-state index contributed by atoms with van der Waals surface area (Å²) in [4.78, 5) is 2.50. The first-order valence-corrected chi connectivity index (χ1v) is 4.75. The maximum absolute atomic E-state index is 6.06. The first-order valence-electron chi connectivity index (χ1n) is 4.75. The van der Waals surface area contributed by atoms with Gasteiger partial charge in [-0.2, -0.15) is 0 Å². The summed E-state index contributed by atoms with van der Waals surface area (Å²) in [6.45, 7) is 1.21. The molecule has 0 bridgehead atoms. The fourth-order valence-electron chi connectivity index (χ4n) is 2.75. The summed E-state index contributed by atoms with van der Waals surface area (Å²) < 4.78 is 0. The number of fused-ring (bicyclic) bond motifs is 1. The fraction of sp³-hybridized carbons (Fsp3) is 1.00. The van der Waals surface area contributed by atoms with E-state index in [2.05, 4.69) is 11.9 Å². The second-order valence-electron chi connectivity index (χ2n) is 4.10. The van der Waals surface area contributed by atoms with Crippen LogP contribution in [0.5, 0.6) is 0 Å². The highest BCUT2D eigenvalue weighted by Gasteiger charge is 2.37. The quantitative estimate of drug-likeness (QED) is 0.559. The second kappa shape index (κ2) is 2.76. The highest BCUT2D eigenvalue weighted by atomic mass is 15.2. The third-order valence-electron chi connectivity index (χ3n) is 3.46. The molecule has 2 nitrogen and oxygen atoms in total. The summed E-state index contributed by atoms with van der Waals surface area (Å²) in [6, 6.07) is 1.32. The molecule has 64 valence electrons. The Morgan fingerprint density at radius 2 is 2.09 bits per heavy atom. The molecule has 1 saturated carbocycles. The lowest BCUT2D eigenvalue weighted by molar-refractivity contribution is 0.126. The number of hydrogen-bond acceptors (Lipinski definition) is 2. The summed E-state index contributed by atoms with van der Waals surface area (Å²) in [6.07, 6.45) is 5.36. The lowest BCUT2D eigenvalue weighted by atomic mass is 9.88. The Kier molecular flexibility index (Phi) is 1.90. The molecule has 0 amide bonds. The maximum Gasteiger partial charge on any atom is 0.0135 e. The van der Waals surface area contributed by atoms with Gasteiger partial charge in [-0.1, -0.05) is 6.42 Å². The van der Waals surface area contributed by atoms with Crippen molar-refractivity contribution < 1.29 is 0 Å². The lowest BCUT2D eigenvalue weighted by Crippen LogP contribution is -2.49. The summed E-state index contributed by atoms with van der Waals surface area (Å²) in [5.41, 5.74) is 6.06. The number of piperidine rings is 1. The summed E-state index contributed by atoms with van der Waals surface area (Å²) in [5.74, 6) is 0.814. The van der Waals surface area contributed by atoms with Gasteiger partial charge in [0.05, 0.1) is 0 Å². The third-order valence-corrected chi connectivity index (χ3v) is 3.46. The predicted molar refractivity (Wildman–Crippen MR) is 46.4 cm³/mol. The first kappa shape index (κ1) is 7.56. The van der Waals surface area contributed by atoms with E-state index in [1.165, 1.54) is 32.2 Å². The Bertz CT molecular complexity index is 130. The topological polar surface area (TPSA) is 29.3 Å². The molecule has 1 aliphatic heterocycles. The molecule has 0 aromatic rings. The van der Waals surface area contributed by atoms with Crippen LogP contribution >= 0.6 is 0 Å². The average Bonchev–Trinajstić information content (AvgIpc) is 2.45. The van der Waals surface area contributed by atoms with E-state index in [4.69, 9.17) is 5.73 Å². The Hall–Kier alpha value is -0.0800. The van der Waals surface area contributed by atoms with Crippen molar-refractivity contribution in [1.82, 2.24) is 4.90 Å². The van der Waals surface area contributed by atoms with Gasteiger partial charge in [0.15, 0.2) is 0 Å². The lowest BCUT2D eigenvalue weighted by Gasteiger charge is -2.38. The van der Waals surface area contributed by atoms with Gasteiger partial charge in [-0.25, -0.2) is 0 Å². The Balaban J connectivity index is 2.08. The SMILES string of the molecule is CN1CCC(N)C2CCCC21. The molecule has 0 aromatic heterocycles. The van der Waals surface area contributed by atoms with Gasteiger partial charge in [0.1, 0.15) is 0 Å². The smallest absolute Gasteiger partial charge is 0.0135 e. The average molecular weight is 154 g/mol. The predicted octanol–water partition coefficient (Wildman–Crippen LogP) is 0.818. The molecule has 11 heavy (non-hydrogen) atoms. The zero-order chi connectivity index (χ0) is 7.84. The molecular weight excluding hydrogens is 136 g/mol. The van der Waals surface area contributed by atoms with E-state index in [0.29, 0.717) is 6.04 Å². The first-order chi connectivity index (χ1) is 5.29. The van der Waals surface area contributed by atoms with Crippen LogP contribution in [0.15, 0.2) is 0 Å². The summed E-state index contributed by atoms with van der Waals surface area (Å²) in [7, 11) is 2.24. The van der Waals surface area contributed by atoms with Gasteiger partial charge in [-0.3, -0.25) is 0 Å². The van der Waals surface area contributed by atoms with Gasteiger partial charge in [0, 0.05) is 12.1 Å². The van der Waals surface area contributed by atoms with Gasteiger partial charge in [-0.05, 0) is 38.8 Å². The van der Waals surface area contributed by atoms with Gasteiger partial charge >= 0.3 is 0 Å². The monoisotopic (exact) mass is 154 g/mol. The number of rotatable bonds is 0. The van der Waals surface area contributed by atoms with Gasteiger partial charge in [-0.15, -0.1) is 0 Å². The zero-order valence-corrected chi connectivity index (χ0v) is 7.29. The molecule has 1 saturated heterocycles. The summed E-state index contributed by atoms with van der Waals surface area (Å²) in [5, 5.41) is 0. The van der Waals surface area contributed by atoms with E-state index in [0.717, 1.165) is 12.0 Å². The van der Waals surface area contributed by atoms with E-state index < -0.39 is 0 Å². The van der Waals surface area contributed by atoms with Crippen molar-refractivity contribution in [1.29, 1.82) is 0 Å². The van der Waals surface area contributed by atoms with Crippen LogP contribution in [-0.4, -0.2) is 30.6 Å². The Morgan fingerprint density at radius 3 is 2.82 bits per heavy atom. The molecule has 1 aliphatic carbocycles. The molecule has 2 aliphatic rings. The van der Waals surface area contributed by atoms with Crippen LogP contribution in [0.2, 0.25) is 0 Å². The molecule has 3 unspecified atom stereocenters. The van der Waals surface area contributed by atoms with Crippen LogP contribution in [0.25, 0.3) is 0 Å². The van der Waals surface area contributed by atoms with E-state index in [1.807, 2.05) is 0 Å². The van der Waals surface area contributed by atoms with Crippen molar-refractivity contribution in [2.24, 2.45) is 11.7 Å². The Labute approximate surface area is 68.7 Å². The van der Waals surface area contributed by atoms with Crippen molar-refractivity contribution >= 4 is 0 Å². The van der Waals surface area contributed by atoms with E-state index in [9.17, 15) is 0 Å². The molecule has 2 heteroatoms. The van der Waals surface area contributed by atoms with E-state index >= 15 is 0 Å². The van der Waals surface area contributed by atoms with Crippen LogP contribution in [0.1, 0.15) is 25.7 Å². The van der Waals surface area contributed by atoms with Crippen LogP contribution in [-0.2, 0) is 0 Å². The Morgan fingerprint density at radius 1 is 1.27 bits per heavy atom.